The first kappa shape index (κ1) is 21.6. The van der Waals surface area contributed by atoms with Gasteiger partial charge in [-0.15, -0.1) is 0 Å². The van der Waals surface area contributed by atoms with Gasteiger partial charge in [-0.25, -0.2) is 4.98 Å². The summed E-state index contributed by atoms with van der Waals surface area (Å²) in [5, 5.41) is 6.62. The first-order chi connectivity index (χ1) is 15.4. The zero-order valence-electron chi connectivity index (χ0n) is 18.8. The molecule has 0 radical (unpaired) electrons. The average Bonchev–Trinajstić information content (AvgIpc) is 3.45. The summed E-state index contributed by atoms with van der Waals surface area (Å²) in [4.78, 5) is 35.6. The molecule has 1 aliphatic rings. The highest BCUT2D eigenvalue weighted by molar-refractivity contribution is 5.98. The van der Waals surface area contributed by atoms with Crippen molar-refractivity contribution < 1.29 is 14.3 Å². The number of amides is 2. The van der Waals surface area contributed by atoms with Crippen LogP contribution in [0.4, 0.5) is 11.6 Å². The standard InChI is InChI=1S/C23H28N6O3/c1-24-21(30)17-10-9-15(12-19(17)32-4)26-23-25-13-14-11-18(22(31)28(2)3)29(20(14)27-23)16-7-5-6-8-16/h9-13,16H,5-8H2,1-4H3,(H,24,30)(H,25,26,27). The van der Waals surface area contributed by atoms with Crippen molar-refractivity contribution in [2.75, 3.05) is 33.6 Å². The van der Waals surface area contributed by atoms with Crippen molar-refractivity contribution >= 4 is 34.5 Å². The molecule has 9 nitrogen and oxygen atoms in total. The summed E-state index contributed by atoms with van der Waals surface area (Å²) in [7, 11) is 6.61. The van der Waals surface area contributed by atoms with Crippen LogP contribution >= 0.6 is 0 Å². The fraction of sp³-hybridized carbons (Fsp3) is 0.391. The van der Waals surface area contributed by atoms with E-state index in [-0.39, 0.29) is 17.9 Å². The van der Waals surface area contributed by atoms with Crippen LogP contribution in [0.5, 0.6) is 5.75 Å². The van der Waals surface area contributed by atoms with E-state index in [9.17, 15) is 9.59 Å². The Labute approximate surface area is 186 Å². The largest absolute Gasteiger partial charge is 0.496 e. The molecule has 9 heteroatoms. The molecule has 0 unspecified atom stereocenters. The zero-order chi connectivity index (χ0) is 22.8. The van der Waals surface area contributed by atoms with E-state index in [1.54, 1.807) is 50.4 Å². The van der Waals surface area contributed by atoms with Crippen LogP contribution in [-0.2, 0) is 0 Å². The van der Waals surface area contributed by atoms with Gasteiger partial charge in [0.2, 0.25) is 5.95 Å². The minimum Gasteiger partial charge on any atom is -0.496 e. The number of methoxy groups -OCH3 is 1. The number of hydrogen-bond acceptors (Lipinski definition) is 6. The van der Waals surface area contributed by atoms with Crippen LogP contribution in [0.3, 0.4) is 0 Å². The van der Waals surface area contributed by atoms with Gasteiger partial charge in [-0.05, 0) is 31.0 Å². The van der Waals surface area contributed by atoms with Crippen LogP contribution in [0.2, 0.25) is 0 Å². The van der Waals surface area contributed by atoms with Crippen molar-refractivity contribution in [3.05, 3.63) is 41.7 Å². The van der Waals surface area contributed by atoms with E-state index in [2.05, 4.69) is 20.2 Å². The second-order valence-electron chi connectivity index (χ2n) is 8.13. The number of rotatable bonds is 6. The van der Waals surface area contributed by atoms with Crippen LogP contribution in [0.15, 0.2) is 30.5 Å². The molecule has 3 aromatic rings. The lowest BCUT2D eigenvalue weighted by Gasteiger charge is -2.19. The molecule has 1 fully saturated rings. The topological polar surface area (TPSA) is 101 Å². The number of anilines is 2. The van der Waals surface area contributed by atoms with Crippen molar-refractivity contribution in [2.45, 2.75) is 31.7 Å². The maximum Gasteiger partial charge on any atom is 0.270 e. The van der Waals surface area contributed by atoms with E-state index in [1.807, 2.05) is 6.07 Å². The average molecular weight is 437 g/mol. The highest BCUT2D eigenvalue weighted by Crippen LogP contribution is 2.35. The maximum absolute atomic E-state index is 12.8. The lowest BCUT2D eigenvalue weighted by molar-refractivity contribution is 0.0815. The lowest BCUT2D eigenvalue weighted by Crippen LogP contribution is -2.25. The Kier molecular flexibility index (Phi) is 5.98. The third kappa shape index (κ3) is 3.98. The summed E-state index contributed by atoms with van der Waals surface area (Å²) in [6.07, 6.45) is 6.09. The molecule has 4 rings (SSSR count). The van der Waals surface area contributed by atoms with E-state index in [1.165, 1.54) is 7.11 Å². The van der Waals surface area contributed by atoms with Crippen molar-refractivity contribution in [3.63, 3.8) is 0 Å². The molecule has 1 aliphatic carbocycles. The molecule has 0 atom stereocenters. The van der Waals surface area contributed by atoms with Gasteiger partial charge in [0.05, 0.1) is 12.7 Å². The predicted molar refractivity (Wildman–Crippen MR) is 123 cm³/mol. The van der Waals surface area contributed by atoms with E-state index in [0.717, 1.165) is 36.7 Å². The van der Waals surface area contributed by atoms with Gasteiger partial charge >= 0.3 is 0 Å². The maximum atomic E-state index is 12.8. The van der Waals surface area contributed by atoms with Crippen LogP contribution in [0.1, 0.15) is 52.6 Å². The number of fused-ring (bicyclic) bond motifs is 1. The zero-order valence-corrected chi connectivity index (χ0v) is 18.8. The highest BCUT2D eigenvalue weighted by atomic mass is 16.5. The Morgan fingerprint density at radius 2 is 1.94 bits per heavy atom. The highest BCUT2D eigenvalue weighted by Gasteiger charge is 2.26. The van der Waals surface area contributed by atoms with E-state index in [0.29, 0.717) is 28.6 Å². The molecule has 168 valence electrons. The van der Waals surface area contributed by atoms with Crippen molar-refractivity contribution in [2.24, 2.45) is 0 Å². The molecule has 0 aliphatic heterocycles. The van der Waals surface area contributed by atoms with Crippen LogP contribution in [0.25, 0.3) is 11.0 Å². The number of benzene rings is 1. The van der Waals surface area contributed by atoms with Crippen LogP contribution < -0.4 is 15.4 Å². The Morgan fingerprint density at radius 3 is 2.59 bits per heavy atom. The minimum absolute atomic E-state index is 0.0427. The van der Waals surface area contributed by atoms with Gasteiger partial charge in [-0.1, -0.05) is 12.8 Å². The lowest BCUT2D eigenvalue weighted by atomic mass is 10.1. The molecule has 1 saturated carbocycles. The molecule has 32 heavy (non-hydrogen) atoms. The summed E-state index contributed by atoms with van der Waals surface area (Å²) in [5.41, 5.74) is 2.52. The fourth-order valence-corrected chi connectivity index (χ4v) is 4.21. The molecule has 0 saturated heterocycles. The predicted octanol–water partition coefficient (Wildman–Crippen LogP) is 3.36. The second-order valence-corrected chi connectivity index (χ2v) is 8.13. The molecule has 0 bridgehead atoms. The fourth-order valence-electron chi connectivity index (χ4n) is 4.21. The summed E-state index contributed by atoms with van der Waals surface area (Å²) in [5.74, 6) is 0.592. The first-order valence-corrected chi connectivity index (χ1v) is 10.7. The van der Waals surface area contributed by atoms with Gasteiger partial charge in [0, 0.05) is 50.5 Å². The van der Waals surface area contributed by atoms with Crippen LogP contribution in [0, 0.1) is 0 Å². The number of nitrogens with zero attached hydrogens (tertiary/aromatic N) is 4. The molecule has 2 amide bonds. The molecular weight excluding hydrogens is 408 g/mol. The Balaban J connectivity index is 1.73. The second kappa shape index (κ2) is 8.86. The first-order valence-electron chi connectivity index (χ1n) is 10.7. The third-order valence-corrected chi connectivity index (χ3v) is 5.82. The number of hydrogen-bond donors (Lipinski definition) is 2. The number of nitrogens with one attached hydrogen (secondary N) is 2. The number of carbonyl (C=O) groups is 2. The Hall–Kier alpha value is -3.62. The summed E-state index contributed by atoms with van der Waals surface area (Å²) in [6, 6.07) is 7.32. The monoisotopic (exact) mass is 436 g/mol. The molecule has 1 aromatic carbocycles. The van der Waals surface area contributed by atoms with Gasteiger partial charge in [0.1, 0.15) is 17.1 Å². The SMILES string of the molecule is CNC(=O)c1ccc(Nc2ncc3cc(C(=O)N(C)C)n(C4CCCC4)c3n2)cc1OC. The molecule has 2 heterocycles. The summed E-state index contributed by atoms with van der Waals surface area (Å²) < 4.78 is 7.44. The van der Waals surface area contributed by atoms with Crippen molar-refractivity contribution in [1.82, 2.24) is 24.8 Å². The number of aromatic nitrogens is 3. The number of ether oxygens (including phenoxy) is 1. The third-order valence-electron chi connectivity index (χ3n) is 5.82. The van der Waals surface area contributed by atoms with Crippen LogP contribution in [-0.4, -0.2) is 59.5 Å². The minimum atomic E-state index is -0.224. The molecule has 2 aromatic heterocycles. The van der Waals surface area contributed by atoms with Crippen molar-refractivity contribution in [3.8, 4) is 5.75 Å². The number of carbonyl (C=O) groups excluding carboxylic acids is 2. The van der Waals surface area contributed by atoms with Gasteiger partial charge in [0.25, 0.3) is 11.8 Å². The quantitative estimate of drug-likeness (QED) is 0.614. The molecule has 0 spiro atoms. The van der Waals surface area contributed by atoms with Crippen molar-refractivity contribution in [1.29, 1.82) is 0 Å². The van der Waals surface area contributed by atoms with E-state index in [4.69, 9.17) is 9.72 Å². The summed E-state index contributed by atoms with van der Waals surface area (Å²) >= 11 is 0. The molecule has 2 N–H and O–H groups in total. The van der Waals surface area contributed by atoms with E-state index < -0.39 is 0 Å². The summed E-state index contributed by atoms with van der Waals surface area (Å²) in [6.45, 7) is 0. The van der Waals surface area contributed by atoms with Gasteiger partial charge in [-0.2, -0.15) is 4.98 Å². The smallest absolute Gasteiger partial charge is 0.270 e. The van der Waals surface area contributed by atoms with E-state index >= 15 is 0 Å². The molecular formula is C23H28N6O3. The Morgan fingerprint density at radius 1 is 1.19 bits per heavy atom. The Bertz CT molecular complexity index is 1160. The normalized spacial score (nSPS) is 13.9. The van der Waals surface area contributed by atoms with Gasteiger partial charge in [0.15, 0.2) is 0 Å². The van der Waals surface area contributed by atoms with Gasteiger partial charge in [-0.3, -0.25) is 9.59 Å². The van der Waals surface area contributed by atoms with Gasteiger partial charge < -0.3 is 24.8 Å².